The zero-order valence-electron chi connectivity index (χ0n) is 12.9. The second-order valence-electron chi connectivity index (χ2n) is 6.13. The summed E-state index contributed by atoms with van der Waals surface area (Å²) in [6.07, 6.45) is 2.09. The molecule has 0 bridgehead atoms. The van der Waals surface area contributed by atoms with Gasteiger partial charge < -0.3 is 4.90 Å². The van der Waals surface area contributed by atoms with Crippen molar-refractivity contribution < 1.29 is 4.79 Å². The summed E-state index contributed by atoms with van der Waals surface area (Å²) in [5.41, 5.74) is 2.39. The molecule has 1 aliphatic rings. The Morgan fingerprint density at radius 3 is 2.70 bits per heavy atom. The number of benzene rings is 1. The Hall–Kier alpha value is -1.00. The van der Waals surface area contributed by atoms with Crippen molar-refractivity contribution in [2.45, 2.75) is 44.6 Å². The van der Waals surface area contributed by atoms with Crippen LogP contribution in [0.1, 0.15) is 38.1 Å². The van der Waals surface area contributed by atoms with Gasteiger partial charge in [0.2, 0.25) is 5.91 Å². The Balaban J connectivity index is 2.28. The maximum Gasteiger partial charge on any atom is 0.241 e. The molecule has 1 N–H and O–H groups in total. The fraction of sp³-hybridized carbons (Fsp3) is 0.562. The first-order valence-corrected chi connectivity index (χ1v) is 8.25. The van der Waals surface area contributed by atoms with Crippen molar-refractivity contribution in [3.05, 3.63) is 35.4 Å². The first kappa shape index (κ1) is 15.4. The largest absolute Gasteiger partial charge is 0.320 e. The number of amides is 1. The van der Waals surface area contributed by atoms with Gasteiger partial charge in [0.15, 0.2) is 0 Å². The van der Waals surface area contributed by atoms with Crippen LogP contribution in [0.2, 0.25) is 0 Å². The summed E-state index contributed by atoms with van der Waals surface area (Å²) in [6.45, 7) is 9.14. The second-order valence-corrected chi connectivity index (χ2v) is 7.65. The van der Waals surface area contributed by atoms with Gasteiger partial charge in [-0.05, 0) is 39.5 Å². The molecule has 1 heterocycles. The Kier molecular flexibility index (Phi) is 4.45. The highest BCUT2D eigenvalue weighted by molar-refractivity contribution is 7.99. The molecule has 0 aliphatic carbocycles. The van der Waals surface area contributed by atoms with E-state index in [2.05, 4.69) is 56.6 Å². The molecule has 1 aliphatic heterocycles. The van der Waals surface area contributed by atoms with Crippen molar-refractivity contribution >= 4 is 17.7 Å². The van der Waals surface area contributed by atoms with Crippen LogP contribution in [0, 0.1) is 6.92 Å². The van der Waals surface area contributed by atoms with Crippen LogP contribution in [-0.2, 0) is 4.79 Å². The predicted octanol–water partition coefficient (Wildman–Crippen LogP) is 2.96. The van der Waals surface area contributed by atoms with Gasteiger partial charge in [-0.15, -0.1) is 0 Å². The van der Waals surface area contributed by atoms with Crippen LogP contribution in [0.5, 0.6) is 0 Å². The van der Waals surface area contributed by atoms with Crippen molar-refractivity contribution in [1.29, 1.82) is 0 Å². The highest BCUT2D eigenvalue weighted by Gasteiger charge is 2.39. The SMILES string of the molecule is CSC(C)(C)CN1C(=O)C(C)NC1c1cccc(C)c1. The minimum atomic E-state index is -0.113. The van der Waals surface area contributed by atoms with Gasteiger partial charge in [-0.2, -0.15) is 11.8 Å². The summed E-state index contributed by atoms with van der Waals surface area (Å²) >= 11 is 1.80. The van der Waals surface area contributed by atoms with E-state index in [1.807, 2.05) is 11.8 Å². The fourth-order valence-corrected chi connectivity index (χ4v) is 2.80. The number of hydrogen-bond acceptors (Lipinski definition) is 3. The van der Waals surface area contributed by atoms with E-state index >= 15 is 0 Å². The van der Waals surface area contributed by atoms with Crippen molar-refractivity contribution in [2.75, 3.05) is 12.8 Å². The van der Waals surface area contributed by atoms with E-state index in [1.54, 1.807) is 11.8 Å². The molecule has 1 amide bonds. The smallest absolute Gasteiger partial charge is 0.241 e. The normalized spacial score (nSPS) is 23.4. The number of nitrogens with zero attached hydrogens (tertiary/aromatic N) is 1. The van der Waals surface area contributed by atoms with Crippen LogP contribution < -0.4 is 5.32 Å². The van der Waals surface area contributed by atoms with Gasteiger partial charge in [0, 0.05) is 11.3 Å². The number of aryl methyl sites for hydroxylation is 1. The molecule has 1 fully saturated rings. The van der Waals surface area contributed by atoms with E-state index < -0.39 is 0 Å². The molecule has 2 unspecified atom stereocenters. The van der Waals surface area contributed by atoms with Crippen LogP contribution >= 0.6 is 11.8 Å². The van der Waals surface area contributed by atoms with Crippen LogP contribution in [0.15, 0.2) is 24.3 Å². The van der Waals surface area contributed by atoms with Gasteiger partial charge in [-0.1, -0.05) is 29.8 Å². The molecular weight excluding hydrogens is 268 g/mol. The van der Waals surface area contributed by atoms with Crippen molar-refractivity contribution in [2.24, 2.45) is 0 Å². The first-order valence-electron chi connectivity index (χ1n) is 7.02. The highest BCUT2D eigenvalue weighted by Crippen LogP contribution is 2.31. The zero-order valence-corrected chi connectivity index (χ0v) is 13.8. The maximum atomic E-state index is 12.4. The summed E-state index contributed by atoms with van der Waals surface area (Å²) in [5.74, 6) is 0.193. The average Bonchev–Trinajstić information content (AvgIpc) is 2.67. The van der Waals surface area contributed by atoms with Crippen LogP contribution in [0.3, 0.4) is 0 Å². The van der Waals surface area contributed by atoms with Crippen LogP contribution in [-0.4, -0.2) is 34.4 Å². The number of hydrogen-bond donors (Lipinski definition) is 1. The standard InChI is InChI=1S/C16H24N2OS/c1-11-7-6-8-13(9-11)14-17-12(2)15(19)18(14)10-16(3,4)20-5/h6-9,12,14,17H,10H2,1-5H3. The molecule has 4 heteroatoms. The van der Waals surface area contributed by atoms with E-state index in [4.69, 9.17) is 0 Å². The average molecular weight is 292 g/mol. The molecule has 0 aromatic heterocycles. The first-order chi connectivity index (χ1) is 9.34. The quantitative estimate of drug-likeness (QED) is 0.926. The van der Waals surface area contributed by atoms with Gasteiger partial charge in [-0.3, -0.25) is 10.1 Å². The summed E-state index contributed by atoms with van der Waals surface area (Å²) in [6, 6.07) is 8.27. The van der Waals surface area contributed by atoms with Gasteiger partial charge in [0.05, 0.1) is 6.04 Å². The zero-order chi connectivity index (χ0) is 14.9. The molecular formula is C16H24N2OS. The Morgan fingerprint density at radius 2 is 2.10 bits per heavy atom. The molecule has 20 heavy (non-hydrogen) atoms. The lowest BCUT2D eigenvalue weighted by atomic mass is 10.1. The van der Waals surface area contributed by atoms with E-state index in [0.717, 1.165) is 6.54 Å². The molecule has 0 radical (unpaired) electrons. The lowest BCUT2D eigenvalue weighted by Crippen LogP contribution is -2.40. The molecule has 2 rings (SSSR count). The van der Waals surface area contributed by atoms with E-state index in [0.29, 0.717) is 0 Å². The lowest BCUT2D eigenvalue weighted by molar-refractivity contribution is -0.130. The van der Waals surface area contributed by atoms with Gasteiger partial charge >= 0.3 is 0 Å². The lowest BCUT2D eigenvalue weighted by Gasteiger charge is -2.32. The Morgan fingerprint density at radius 1 is 1.40 bits per heavy atom. The number of nitrogens with one attached hydrogen (secondary N) is 1. The van der Waals surface area contributed by atoms with Gasteiger partial charge in [0.1, 0.15) is 6.17 Å². The van der Waals surface area contributed by atoms with E-state index in [1.165, 1.54) is 11.1 Å². The third-order valence-corrected chi connectivity index (χ3v) is 5.07. The van der Waals surface area contributed by atoms with Gasteiger partial charge in [0.25, 0.3) is 0 Å². The van der Waals surface area contributed by atoms with Crippen molar-refractivity contribution in [3.8, 4) is 0 Å². The fourth-order valence-electron chi connectivity index (χ4n) is 2.53. The van der Waals surface area contributed by atoms with Crippen LogP contribution in [0.25, 0.3) is 0 Å². The number of carbonyl (C=O) groups excluding carboxylic acids is 1. The number of thioether (sulfide) groups is 1. The molecule has 1 saturated heterocycles. The van der Waals surface area contributed by atoms with E-state index in [-0.39, 0.29) is 22.9 Å². The summed E-state index contributed by atoms with van der Waals surface area (Å²) in [5, 5.41) is 3.41. The minimum absolute atomic E-state index is 0.0103. The topological polar surface area (TPSA) is 32.3 Å². The molecule has 0 spiro atoms. The van der Waals surface area contributed by atoms with Crippen molar-refractivity contribution in [3.63, 3.8) is 0 Å². The molecule has 2 atom stereocenters. The predicted molar refractivity (Wildman–Crippen MR) is 85.8 cm³/mol. The monoisotopic (exact) mass is 292 g/mol. The summed E-state index contributed by atoms with van der Waals surface area (Å²) < 4.78 is 0.0590. The maximum absolute atomic E-state index is 12.4. The Bertz CT molecular complexity index is 501. The number of rotatable bonds is 4. The third-order valence-electron chi connectivity index (χ3n) is 3.83. The van der Waals surface area contributed by atoms with E-state index in [9.17, 15) is 4.79 Å². The second kappa shape index (κ2) is 5.78. The summed E-state index contributed by atoms with van der Waals surface area (Å²) in [4.78, 5) is 14.4. The summed E-state index contributed by atoms with van der Waals surface area (Å²) in [7, 11) is 0. The molecule has 1 aromatic carbocycles. The van der Waals surface area contributed by atoms with Gasteiger partial charge in [-0.25, -0.2) is 0 Å². The van der Waals surface area contributed by atoms with Crippen LogP contribution in [0.4, 0.5) is 0 Å². The molecule has 3 nitrogen and oxygen atoms in total. The highest BCUT2D eigenvalue weighted by atomic mass is 32.2. The van der Waals surface area contributed by atoms with Crippen molar-refractivity contribution in [1.82, 2.24) is 10.2 Å². The molecule has 1 aromatic rings. The minimum Gasteiger partial charge on any atom is -0.320 e. The Labute approximate surface area is 126 Å². The number of carbonyl (C=O) groups is 1. The molecule has 110 valence electrons. The molecule has 0 saturated carbocycles. The third kappa shape index (κ3) is 3.18.